The Balaban J connectivity index is 2.31. The van der Waals surface area contributed by atoms with E-state index in [0.717, 1.165) is 19.4 Å². The van der Waals surface area contributed by atoms with Crippen molar-refractivity contribution in [3.63, 3.8) is 0 Å². The van der Waals surface area contributed by atoms with Crippen molar-refractivity contribution < 1.29 is 9.13 Å². The topological polar surface area (TPSA) is 45.0 Å². The average Bonchev–Trinajstić information content (AvgIpc) is 2.42. The molecule has 3 nitrogen and oxygen atoms in total. The molecule has 0 spiro atoms. The molecule has 1 rings (SSSR count). The molecular weight excluding hydrogens is 243 g/mol. The standard InChI is InChI=1S/C15H21FN2O/c1-3-9-18-15(2,12-17)8-5-10-19-14-7-4-6-13(16)11-14/h4,6-7,11,18H,3,5,8-10H2,1-2H3. The van der Waals surface area contributed by atoms with Gasteiger partial charge in [-0.3, -0.25) is 5.32 Å². The Kier molecular flexibility index (Phi) is 6.31. The molecular formula is C15H21FN2O. The van der Waals surface area contributed by atoms with Gasteiger partial charge in [0.2, 0.25) is 0 Å². The highest BCUT2D eigenvalue weighted by molar-refractivity contribution is 5.22. The van der Waals surface area contributed by atoms with Crippen LogP contribution in [0.15, 0.2) is 24.3 Å². The van der Waals surface area contributed by atoms with E-state index in [0.29, 0.717) is 18.8 Å². The molecule has 0 aliphatic heterocycles. The number of hydrogen-bond acceptors (Lipinski definition) is 3. The Morgan fingerprint density at radius 3 is 2.89 bits per heavy atom. The summed E-state index contributed by atoms with van der Waals surface area (Å²) in [7, 11) is 0. The molecule has 19 heavy (non-hydrogen) atoms. The fourth-order valence-electron chi connectivity index (χ4n) is 1.76. The quantitative estimate of drug-likeness (QED) is 0.733. The van der Waals surface area contributed by atoms with Crippen LogP contribution in [0.25, 0.3) is 0 Å². The van der Waals surface area contributed by atoms with Gasteiger partial charge in [0.05, 0.1) is 12.7 Å². The molecule has 1 N–H and O–H groups in total. The maximum atomic E-state index is 12.9. The summed E-state index contributed by atoms with van der Waals surface area (Å²) in [5.41, 5.74) is -0.513. The van der Waals surface area contributed by atoms with E-state index in [1.807, 2.05) is 6.92 Å². The molecule has 0 fully saturated rings. The molecule has 1 aromatic carbocycles. The van der Waals surface area contributed by atoms with Crippen LogP contribution in [0.5, 0.6) is 5.75 Å². The Hall–Kier alpha value is -1.60. The van der Waals surface area contributed by atoms with Gasteiger partial charge < -0.3 is 4.74 Å². The zero-order chi connectivity index (χ0) is 14.1. The van der Waals surface area contributed by atoms with Crippen LogP contribution in [0.3, 0.4) is 0 Å². The summed E-state index contributed by atoms with van der Waals surface area (Å²) in [5, 5.41) is 12.4. The lowest BCUT2D eigenvalue weighted by molar-refractivity contribution is 0.284. The maximum absolute atomic E-state index is 12.9. The lowest BCUT2D eigenvalue weighted by Gasteiger charge is -2.22. The van der Waals surface area contributed by atoms with E-state index < -0.39 is 5.54 Å². The molecule has 0 aromatic heterocycles. The van der Waals surface area contributed by atoms with Crippen molar-refractivity contribution in [1.82, 2.24) is 5.32 Å². The molecule has 0 saturated carbocycles. The third-order valence-corrected chi connectivity index (χ3v) is 2.90. The van der Waals surface area contributed by atoms with Gasteiger partial charge in [-0.15, -0.1) is 0 Å². The van der Waals surface area contributed by atoms with Crippen molar-refractivity contribution >= 4 is 0 Å². The summed E-state index contributed by atoms with van der Waals surface area (Å²) in [4.78, 5) is 0. The van der Waals surface area contributed by atoms with Gasteiger partial charge in [-0.2, -0.15) is 5.26 Å². The molecule has 4 heteroatoms. The number of halogens is 1. The van der Waals surface area contributed by atoms with Gasteiger partial charge >= 0.3 is 0 Å². The molecule has 0 heterocycles. The second-order valence-electron chi connectivity index (χ2n) is 4.78. The van der Waals surface area contributed by atoms with Crippen LogP contribution in [0.4, 0.5) is 4.39 Å². The highest BCUT2D eigenvalue weighted by Gasteiger charge is 2.21. The first-order chi connectivity index (χ1) is 9.09. The number of ether oxygens (including phenoxy) is 1. The normalized spacial score (nSPS) is 13.6. The van der Waals surface area contributed by atoms with E-state index in [1.165, 1.54) is 12.1 Å². The Bertz CT molecular complexity index is 430. The monoisotopic (exact) mass is 264 g/mol. The highest BCUT2D eigenvalue weighted by Crippen LogP contribution is 2.15. The van der Waals surface area contributed by atoms with Crippen LogP contribution in [0.2, 0.25) is 0 Å². The maximum Gasteiger partial charge on any atom is 0.126 e. The summed E-state index contributed by atoms with van der Waals surface area (Å²) >= 11 is 0. The number of nitrogens with one attached hydrogen (secondary N) is 1. The van der Waals surface area contributed by atoms with Crippen LogP contribution in [0, 0.1) is 17.1 Å². The Morgan fingerprint density at radius 2 is 2.26 bits per heavy atom. The number of benzene rings is 1. The van der Waals surface area contributed by atoms with Crippen molar-refractivity contribution in [1.29, 1.82) is 5.26 Å². The van der Waals surface area contributed by atoms with E-state index >= 15 is 0 Å². The van der Waals surface area contributed by atoms with E-state index in [2.05, 4.69) is 18.3 Å². The number of rotatable bonds is 8. The van der Waals surface area contributed by atoms with Crippen molar-refractivity contribution in [2.24, 2.45) is 0 Å². The first-order valence-electron chi connectivity index (χ1n) is 6.64. The molecule has 0 radical (unpaired) electrons. The lowest BCUT2D eigenvalue weighted by atomic mass is 9.98. The van der Waals surface area contributed by atoms with Crippen LogP contribution < -0.4 is 10.1 Å². The molecule has 0 saturated heterocycles. The zero-order valence-electron chi connectivity index (χ0n) is 11.6. The van der Waals surface area contributed by atoms with Crippen molar-refractivity contribution in [2.75, 3.05) is 13.2 Å². The van der Waals surface area contributed by atoms with Gasteiger partial charge in [0.25, 0.3) is 0 Å². The van der Waals surface area contributed by atoms with Gasteiger partial charge in [-0.05, 0) is 44.9 Å². The highest BCUT2D eigenvalue weighted by atomic mass is 19.1. The van der Waals surface area contributed by atoms with Crippen molar-refractivity contribution in [3.8, 4) is 11.8 Å². The predicted molar refractivity (Wildman–Crippen MR) is 73.4 cm³/mol. The SMILES string of the molecule is CCCNC(C)(C#N)CCCOc1cccc(F)c1. The molecule has 0 bridgehead atoms. The first kappa shape index (κ1) is 15.5. The van der Waals surface area contributed by atoms with Crippen LogP contribution in [0.1, 0.15) is 33.1 Å². The molecule has 0 aliphatic rings. The average molecular weight is 264 g/mol. The van der Waals surface area contributed by atoms with Gasteiger partial charge in [-0.1, -0.05) is 13.0 Å². The lowest BCUT2D eigenvalue weighted by Crippen LogP contribution is -2.41. The van der Waals surface area contributed by atoms with Gasteiger partial charge in [0, 0.05) is 6.07 Å². The third-order valence-electron chi connectivity index (χ3n) is 2.90. The summed E-state index contributed by atoms with van der Waals surface area (Å²) in [6.45, 7) is 5.27. The number of hydrogen-bond donors (Lipinski definition) is 1. The van der Waals surface area contributed by atoms with E-state index in [9.17, 15) is 4.39 Å². The van der Waals surface area contributed by atoms with Gasteiger partial charge in [0.15, 0.2) is 0 Å². The van der Waals surface area contributed by atoms with Gasteiger partial charge in [-0.25, -0.2) is 4.39 Å². The molecule has 1 aromatic rings. The summed E-state index contributed by atoms with van der Waals surface area (Å²) in [6.07, 6.45) is 2.45. The Labute approximate surface area is 114 Å². The van der Waals surface area contributed by atoms with Gasteiger partial charge in [0.1, 0.15) is 17.1 Å². The zero-order valence-corrected chi connectivity index (χ0v) is 11.6. The van der Waals surface area contributed by atoms with Crippen molar-refractivity contribution in [2.45, 2.75) is 38.6 Å². The molecule has 0 aliphatic carbocycles. The first-order valence-corrected chi connectivity index (χ1v) is 6.64. The summed E-state index contributed by atoms with van der Waals surface area (Å²) in [6, 6.07) is 8.38. The minimum atomic E-state index is -0.513. The van der Waals surface area contributed by atoms with Crippen molar-refractivity contribution in [3.05, 3.63) is 30.1 Å². The molecule has 1 unspecified atom stereocenters. The Morgan fingerprint density at radius 1 is 1.47 bits per heavy atom. The number of nitriles is 1. The minimum Gasteiger partial charge on any atom is -0.493 e. The van der Waals surface area contributed by atoms with Crippen LogP contribution >= 0.6 is 0 Å². The fraction of sp³-hybridized carbons (Fsp3) is 0.533. The molecule has 104 valence electrons. The third kappa shape index (κ3) is 5.71. The smallest absolute Gasteiger partial charge is 0.126 e. The summed E-state index contributed by atoms with van der Waals surface area (Å²) in [5.74, 6) is 0.226. The van der Waals surface area contributed by atoms with E-state index in [4.69, 9.17) is 10.00 Å². The largest absolute Gasteiger partial charge is 0.493 e. The molecule has 1 atom stereocenters. The second-order valence-corrected chi connectivity index (χ2v) is 4.78. The van der Waals surface area contributed by atoms with Crippen LogP contribution in [-0.2, 0) is 0 Å². The van der Waals surface area contributed by atoms with E-state index in [1.54, 1.807) is 12.1 Å². The predicted octanol–water partition coefficient (Wildman–Crippen LogP) is 3.27. The fourth-order valence-corrected chi connectivity index (χ4v) is 1.76. The minimum absolute atomic E-state index is 0.302. The number of nitrogens with zero attached hydrogens (tertiary/aromatic N) is 1. The second kappa shape index (κ2) is 7.75. The summed E-state index contributed by atoms with van der Waals surface area (Å²) < 4.78 is 18.4. The van der Waals surface area contributed by atoms with Crippen LogP contribution in [-0.4, -0.2) is 18.7 Å². The molecule has 0 amide bonds. The van der Waals surface area contributed by atoms with E-state index in [-0.39, 0.29) is 5.82 Å².